The number of anilines is 3. The Morgan fingerprint density at radius 3 is 2.58 bits per heavy atom. The van der Waals surface area contributed by atoms with Gasteiger partial charge in [0.15, 0.2) is 11.5 Å². The Morgan fingerprint density at radius 1 is 0.883 bits per heavy atom. The van der Waals surface area contributed by atoms with Gasteiger partial charge in [0.2, 0.25) is 17.8 Å². The van der Waals surface area contributed by atoms with E-state index in [1.165, 1.54) is 28.9 Å². The highest BCUT2D eigenvalue weighted by molar-refractivity contribution is 5.94. The van der Waals surface area contributed by atoms with Crippen molar-refractivity contribution >= 4 is 51.5 Å². The van der Waals surface area contributed by atoms with Crippen molar-refractivity contribution in [3.8, 4) is 16.9 Å². The topological polar surface area (TPSA) is 143 Å². The minimum Gasteiger partial charge on any atom is -0.378 e. The average molecular weight is 819 g/mol. The van der Waals surface area contributed by atoms with Gasteiger partial charge in [-0.15, -0.1) is 0 Å². The molecule has 0 aliphatic carbocycles. The van der Waals surface area contributed by atoms with Crippen LogP contribution in [0.4, 0.5) is 30.8 Å². The number of hydrogen-bond donors (Lipinski definition) is 1. The van der Waals surface area contributed by atoms with Gasteiger partial charge in [-0.05, 0) is 56.5 Å². The third-order valence-corrected chi connectivity index (χ3v) is 13.1. The van der Waals surface area contributed by atoms with Gasteiger partial charge in [0.1, 0.15) is 40.8 Å². The quantitative estimate of drug-likeness (QED) is 0.270. The third-order valence-electron chi connectivity index (χ3n) is 13.1. The molecule has 5 fully saturated rings. The Kier molecular flexibility index (Phi) is 8.34. The summed E-state index contributed by atoms with van der Waals surface area (Å²) >= 11 is 0. The summed E-state index contributed by atoms with van der Waals surface area (Å²) in [7, 11) is 3.35. The third kappa shape index (κ3) is 5.70. The second-order valence-electron chi connectivity index (χ2n) is 16.6. The van der Waals surface area contributed by atoms with Crippen molar-refractivity contribution in [2.75, 3.05) is 48.9 Å². The number of benzene rings is 2. The number of methoxy groups -OCH3 is 1. The molecule has 12 rings (SSSR count). The standard InChI is InChI=1S/C42H41F3N12O3/c1-21-47-31-13-23(44)11-27-30-5-4-6-36(49-30)48-24-14-35(41(59)52(2)19-26(60-3)20-53(21)38(27)31)55(17-24)39-28-16-46-57(32-8-7-22(43)12-29(32)45)40(28)51-42(50-39)56-25-15-34(56)33-9-10-37(58)54(33)18-25/h4-8,11-13,16,24-26,33-35H,9-10,14-15,17-20H2,1-3H3,(H,48,49)/t24-,25-,26-,33+,34+,35-/m0/s1. The van der Waals surface area contributed by atoms with Crippen molar-refractivity contribution in [2.24, 2.45) is 0 Å². The number of pyridine rings is 1. The molecule has 4 aromatic heterocycles. The Bertz CT molecular complexity index is 2760. The molecule has 10 heterocycles. The lowest BCUT2D eigenvalue weighted by atomic mass is 9.82. The Balaban J connectivity index is 1.04. The van der Waals surface area contributed by atoms with Gasteiger partial charge in [-0.25, -0.2) is 27.8 Å². The first-order chi connectivity index (χ1) is 29.0. The first kappa shape index (κ1) is 36.8. The Hall–Kier alpha value is -6.30. The molecule has 0 radical (unpaired) electrons. The minimum atomic E-state index is -0.810. The van der Waals surface area contributed by atoms with E-state index in [0.717, 1.165) is 24.4 Å². The van der Waals surface area contributed by atoms with Crippen molar-refractivity contribution < 1.29 is 27.5 Å². The fraction of sp³-hybridized carbons (Fsp3) is 0.405. The summed E-state index contributed by atoms with van der Waals surface area (Å²) in [6, 6.07) is 10.7. The molecule has 0 unspecified atom stereocenters. The highest BCUT2D eigenvalue weighted by Gasteiger charge is 2.55. The molecular weight excluding hydrogens is 778 g/mol. The van der Waals surface area contributed by atoms with E-state index in [2.05, 4.69) is 15.3 Å². The normalized spacial score (nSPS) is 25.1. The van der Waals surface area contributed by atoms with E-state index in [9.17, 15) is 14.0 Å². The summed E-state index contributed by atoms with van der Waals surface area (Å²) in [5, 5.41) is 8.62. The average Bonchev–Trinajstić information content (AvgIpc) is 4.01. The maximum atomic E-state index is 15.5. The van der Waals surface area contributed by atoms with Gasteiger partial charge in [0, 0.05) is 64.0 Å². The van der Waals surface area contributed by atoms with Crippen LogP contribution in [0.5, 0.6) is 0 Å². The van der Waals surface area contributed by atoms with Crippen molar-refractivity contribution in [3.63, 3.8) is 0 Å². The predicted octanol–water partition coefficient (Wildman–Crippen LogP) is 4.45. The van der Waals surface area contributed by atoms with Crippen LogP contribution in [0, 0.1) is 24.4 Å². The summed E-state index contributed by atoms with van der Waals surface area (Å²) < 4.78 is 54.1. The SMILES string of the molecule is CO[C@H]1CN(C)C(=O)[C@@H]2C[C@@H](CN2c2nc(N3[C@H]4C[C@@H]3[C@H]3CCC(=O)N3C4)nc3c2cnn3-c2ccc(F)cc2F)Nc2cccc(n2)-c2cc(F)cc3nc(C)n(c23)C1. The van der Waals surface area contributed by atoms with E-state index >= 15 is 8.78 Å². The van der Waals surface area contributed by atoms with E-state index < -0.39 is 29.6 Å². The fourth-order valence-electron chi connectivity index (χ4n) is 10.2. The number of nitrogens with one attached hydrogen (secondary N) is 1. The number of amides is 2. The Labute approximate surface area is 341 Å². The van der Waals surface area contributed by atoms with Crippen LogP contribution in [0.3, 0.4) is 0 Å². The van der Waals surface area contributed by atoms with E-state index in [-0.39, 0.29) is 48.2 Å². The summed E-state index contributed by atoms with van der Waals surface area (Å²) in [6.45, 7) is 3.30. The first-order valence-corrected chi connectivity index (χ1v) is 20.3. The molecule has 0 spiro atoms. The van der Waals surface area contributed by atoms with Gasteiger partial charge in [-0.3, -0.25) is 9.59 Å². The van der Waals surface area contributed by atoms with Crippen molar-refractivity contribution in [2.45, 2.75) is 75.5 Å². The highest BCUT2D eigenvalue weighted by Crippen LogP contribution is 2.45. The van der Waals surface area contributed by atoms with Crippen LogP contribution >= 0.6 is 0 Å². The van der Waals surface area contributed by atoms with Crippen LogP contribution in [-0.2, 0) is 20.9 Å². The number of halogens is 3. The molecule has 6 aliphatic rings. The van der Waals surface area contributed by atoms with Crippen LogP contribution in [0.25, 0.3) is 39.0 Å². The number of carbonyl (C=O) groups is 2. The van der Waals surface area contributed by atoms with Gasteiger partial charge in [0.25, 0.3) is 0 Å². The molecule has 1 N–H and O–H groups in total. The number of piperazine rings is 1. The zero-order valence-electron chi connectivity index (χ0n) is 33.1. The molecule has 0 saturated carbocycles. The number of nitrogens with zero attached hydrogens (tertiary/aromatic N) is 11. The molecule has 6 aliphatic heterocycles. The molecule has 6 bridgehead atoms. The number of ether oxygens (including phenoxy) is 1. The number of carbonyl (C=O) groups excluding carboxylic acids is 2. The first-order valence-electron chi connectivity index (χ1n) is 20.3. The smallest absolute Gasteiger partial charge is 0.245 e. The number of piperidine rings is 1. The summed E-state index contributed by atoms with van der Waals surface area (Å²) in [6.07, 6.45) is 3.59. The number of aryl methyl sites for hydroxylation is 1. The lowest BCUT2D eigenvalue weighted by molar-refractivity contribution is -0.133. The maximum absolute atomic E-state index is 15.5. The molecule has 2 aromatic carbocycles. The van der Waals surface area contributed by atoms with Crippen LogP contribution in [0.15, 0.2) is 54.7 Å². The van der Waals surface area contributed by atoms with E-state index in [1.54, 1.807) is 25.3 Å². The zero-order valence-corrected chi connectivity index (χ0v) is 33.1. The highest BCUT2D eigenvalue weighted by atomic mass is 19.1. The van der Waals surface area contributed by atoms with Crippen LogP contribution in [0.1, 0.15) is 31.5 Å². The lowest BCUT2D eigenvalue weighted by Gasteiger charge is -2.58. The lowest BCUT2D eigenvalue weighted by Crippen LogP contribution is -2.72. The second kappa shape index (κ2) is 13.6. The van der Waals surface area contributed by atoms with Gasteiger partial charge in [-0.2, -0.15) is 15.1 Å². The summed E-state index contributed by atoms with van der Waals surface area (Å²) in [4.78, 5) is 55.3. The molecule has 5 saturated heterocycles. The molecule has 15 nitrogen and oxygen atoms in total. The maximum Gasteiger partial charge on any atom is 0.245 e. The molecule has 2 amide bonds. The molecule has 18 heteroatoms. The largest absolute Gasteiger partial charge is 0.378 e. The monoisotopic (exact) mass is 818 g/mol. The van der Waals surface area contributed by atoms with E-state index in [1.807, 2.05) is 39.5 Å². The molecule has 60 heavy (non-hydrogen) atoms. The second-order valence-corrected chi connectivity index (χ2v) is 16.6. The number of likely N-dealkylation sites (N-methyl/N-ethyl adjacent to an activating group) is 1. The van der Waals surface area contributed by atoms with Crippen LogP contribution in [0.2, 0.25) is 0 Å². The van der Waals surface area contributed by atoms with Gasteiger partial charge in [-0.1, -0.05) is 6.07 Å². The van der Waals surface area contributed by atoms with Gasteiger partial charge >= 0.3 is 0 Å². The minimum absolute atomic E-state index is 0.00199. The summed E-state index contributed by atoms with van der Waals surface area (Å²) in [5.74, 6) is 0.0673. The van der Waals surface area contributed by atoms with Gasteiger partial charge in [0.05, 0.1) is 59.1 Å². The molecule has 6 aromatic rings. The molecule has 308 valence electrons. The van der Waals surface area contributed by atoms with Crippen LogP contribution in [-0.4, -0.2) is 126 Å². The number of imidazole rings is 1. The number of fused-ring (bicyclic) bond motifs is 6. The molecular formula is C42H41F3N12O3. The fourth-order valence-corrected chi connectivity index (χ4v) is 10.2. The van der Waals surface area contributed by atoms with Crippen molar-refractivity contribution in [1.82, 2.24) is 44.1 Å². The number of hydrogen-bond acceptors (Lipinski definition) is 11. The van der Waals surface area contributed by atoms with Gasteiger partial charge < -0.3 is 34.2 Å². The Morgan fingerprint density at radius 2 is 1.75 bits per heavy atom. The van der Waals surface area contributed by atoms with Crippen molar-refractivity contribution in [1.29, 1.82) is 0 Å². The van der Waals surface area contributed by atoms with E-state index in [0.29, 0.717) is 83.7 Å². The predicted molar refractivity (Wildman–Crippen MR) is 215 cm³/mol. The number of rotatable bonds is 4. The zero-order chi connectivity index (χ0) is 41.1. The van der Waals surface area contributed by atoms with Crippen molar-refractivity contribution in [3.05, 3.63) is 78.0 Å². The molecule has 6 atom stereocenters. The van der Waals surface area contributed by atoms with E-state index in [4.69, 9.17) is 24.7 Å². The number of aromatic nitrogens is 7. The van der Waals surface area contributed by atoms with Crippen LogP contribution < -0.4 is 15.1 Å². The summed E-state index contributed by atoms with van der Waals surface area (Å²) in [5.41, 5.74) is 2.67.